The Morgan fingerprint density at radius 2 is 2.11 bits per heavy atom. The highest BCUT2D eigenvalue weighted by Gasteiger charge is 1.93. The summed E-state index contributed by atoms with van der Waals surface area (Å²) in [4.78, 5) is 0.831. The summed E-state index contributed by atoms with van der Waals surface area (Å²) in [7, 11) is 0. The minimum absolute atomic E-state index is 0.713. The molecular weight excluding hydrogens is 266 g/mol. The largest absolute Gasteiger partial charge is 0.142 e. The van der Waals surface area contributed by atoms with E-state index in [0.29, 0.717) is 5.02 Å². The second-order valence-corrected chi connectivity index (χ2v) is 3.73. The molecule has 0 aliphatic carbocycles. The van der Waals surface area contributed by atoms with E-state index in [1.807, 2.05) is 18.2 Å². The van der Waals surface area contributed by atoms with Gasteiger partial charge in [0.25, 0.3) is 0 Å². The smallest absolute Gasteiger partial charge is 0.0549 e. The van der Waals surface area contributed by atoms with Crippen LogP contribution in [0.25, 0.3) is 0 Å². The van der Waals surface area contributed by atoms with Crippen LogP contribution in [0, 0.1) is 3.57 Å². The molecule has 1 rings (SSSR count). The Kier molecular flexibility index (Phi) is 2.67. The molecule has 0 aromatic heterocycles. The van der Waals surface area contributed by atoms with Crippen LogP contribution < -0.4 is 0 Å². The van der Waals surface area contributed by atoms with E-state index in [1.165, 1.54) is 0 Å². The molecular formula is C6H4ClIS. The molecule has 0 fully saturated rings. The first kappa shape index (κ1) is 7.69. The molecule has 0 bridgehead atoms. The first-order chi connectivity index (χ1) is 4.20. The van der Waals surface area contributed by atoms with Crippen molar-refractivity contribution in [1.29, 1.82) is 0 Å². The topological polar surface area (TPSA) is 0 Å². The molecule has 0 spiro atoms. The Morgan fingerprint density at radius 3 is 2.56 bits per heavy atom. The fourth-order valence-corrected chi connectivity index (χ4v) is 1.48. The van der Waals surface area contributed by atoms with Gasteiger partial charge in [0.1, 0.15) is 0 Å². The summed E-state index contributed by atoms with van der Waals surface area (Å²) in [5.74, 6) is 0. The van der Waals surface area contributed by atoms with Gasteiger partial charge in [0.15, 0.2) is 0 Å². The molecule has 0 unspecified atom stereocenters. The molecule has 0 atom stereocenters. The first-order valence-corrected chi connectivity index (χ1v) is 4.24. The van der Waals surface area contributed by atoms with Crippen LogP contribution in [0.1, 0.15) is 0 Å². The Labute approximate surface area is 78.2 Å². The maximum absolute atomic E-state index is 5.73. The molecule has 1 aromatic rings. The molecule has 0 saturated heterocycles. The number of thiol groups is 1. The van der Waals surface area contributed by atoms with Crippen LogP contribution in [0.5, 0.6) is 0 Å². The SMILES string of the molecule is Sc1ccc(I)cc1Cl. The summed E-state index contributed by atoms with van der Waals surface area (Å²) >= 11 is 12.0. The van der Waals surface area contributed by atoms with Gasteiger partial charge in [0.05, 0.1) is 5.02 Å². The number of halogens is 2. The van der Waals surface area contributed by atoms with Crippen molar-refractivity contribution >= 4 is 46.8 Å². The summed E-state index contributed by atoms with van der Waals surface area (Å²) < 4.78 is 1.13. The van der Waals surface area contributed by atoms with E-state index in [9.17, 15) is 0 Å². The van der Waals surface area contributed by atoms with Gasteiger partial charge in [-0.3, -0.25) is 0 Å². The van der Waals surface area contributed by atoms with Crippen LogP contribution in [0.4, 0.5) is 0 Å². The molecule has 1 aromatic carbocycles. The monoisotopic (exact) mass is 270 g/mol. The van der Waals surface area contributed by atoms with Gasteiger partial charge < -0.3 is 0 Å². The Bertz CT molecular complexity index is 224. The van der Waals surface area contributed by atoms with Crippen molar-refractivity contribution in [1.82, 2.24) is 0 Å². The Morgan fingerprint density at radius 1 is 1.44 bits per heavy atom. The minimum atomic E-state index is 0.713. The zero-order chi connectivity index (χ0) is 6.85. The van der Waals surface area contributed by atoms with Crippen molar-refractivity contribution in [3.05, 3.63) is 26.8 Å². The van der Waals surface area contributed by atoms with E-state index >= 15 is 0 Å². The van der Waals surface area contributed by atoms with Crippen LogP contribution in [-0.2, 0) is 0 Å². The van der Waals surface area contributed by atoms with Crippen LogP contribution >= 0.6 is 46.8 Å². The van der Waals surface area contributed by atoms with E-state index in [2.05, 4.69) is 35.2 Å². The van der Waals surface area contributed by atoms with E-state index in [-0.39, 0.29) is 0 Å². The Hall–Kier alpha value is 0.590. The van der Waals surface area contributed by atoms with Crippen molar-refractivity contribution in [2.75, 3.05) is 0 Å². The number of benzene rings is 1. The third-order valence-corrected chi connectivity index (χ3v) is 2.42. The maximum atomic E-state index is 5.73. The van der Waals surface area contributed by atoms with Crippen LogP contribution in [0.15, 0.2) is 23.1 Å². The molecule has 9 heavy (non-hydrogen) atoms. The lowest BCUT2D eigenvalue weighted by Crippen LogP contribution is -1.71. The highest BCUT2D eigenvalue weighted by atomic mass is 127. The third-order valence-electron chi connectivity index (χ3n) is 0.910. The summed E-state index contributed by atoms with van der Waals surface area (Å²) in [5, 5.41) is 0.713. The number of hydrogen-bond acceptors (Lipinski definition) is 1. The molecule has 0 aliphatic heterocycles. The van der Waals surface area contributed by atoms with Gasteiger partial charge in [-0.2, -0.15) is 0 Å². The van der Waals surface area contributed by atoms with E-state index in [1.54, 1.807) is 0 Å². The fourth-order valence-electron chi connectivity index (χ4n) is 0.481. The van der Waals surface area contributed by atoms with Gasteiger partial charge in [0, 0.05) is 8.47 Å². The van der Waals surface area contributed by atoms with E-state index in [4.69, 9.17) is 11.6 Å². The van der Waals surface area contributed by atoms with Crippen molar-refractivity contribution < 1.29 is 0 Å². The van der Waals surface area contributed by atoms with E-state index < -0.39 is 0 Å². The van der Waals surface area contributed by atoms with Gasteiger partial charge in [0.2, 0.25) is 0 Å². The zero-order valence-electron chi connectivity index (χ0n) is 4.44. The molecule has 0 nitrogen and oxygen atoms in total. The lowest BCUT2D eigenvalue weighted by molar-refractivity contribution is 1.45. The molecule has 0 aliphatic rings. The third kappa shape index (κ3) is 2.02. The summed E-state index contributed by atoms with van der Waals surface area (Å²) in [6.07, 6.45) is 0. The molecule has 3 heteroatoms. The summed E-state index contributed by atoms with van der Waals surface area (Å²) in [6.45, 7) is 0. The zero-order valence-corrected chi connectivity index (χ0v) is 8.24. The minimum Gasteiger partial charge on any atom is -0.142 e. The van der Waals surface area contributed by atoms with Crippen LogP contribution in [0.3, 0.4) is 0 Å². The van der Waals surface area contributed by atoms with Crippen molar-refractivity contribution in [2.24, 2.45) is 0 Å². The van der Waals surface area contributed by atoms with Gasteiger partial charge in [-0.05, 0) is 40.8 Å². The number of rotatable bonds is 0. The molecule has 48 valence electrons. The molecule has 0 N–H and O–H groups in total. The standard InChI is InChI=1S/C6H4ClIS/c7-5-3-4(8)1-2-6(5)9/h1-3,9H. The molecule has 0 amide bonds. The lowest BCUT2D eigenvalue weighted by Gasteiger charge is -1.94. The van der Waals surface area contributed by atoms with Crippen molar-refractivity contribution in [3.8, 4) is 0 Å². The predicted octanol–water partition coefficient (Wildman–Crippen LogP) is 3.23. The van der Waals surface area contributed by atoms with Gasteiger partial charge in [-0.15, -0.1) is 12.6 Å². The average molecular weight is 271 g/mol. The fraction of sp³-hybridized carbons (Fsp3) is 0. The maximum Gasteiger partial charge on any atom is 0.0549 e. The van der Waals surface area contributed by atoms with Crippen LogP contribution in [-0.4, -0.2) is 0 Å². The molecule has 0 radical (unpaired) electrons. The number of hydrogen-bond donors (Lipinski definition) is 1. The second kappa shape index (κ2) is 3.12. The average Bonchev–Trinajstić information content (AvgIpc) is 1.80. The first-order valence-electron chi connectivity index (χ1n) is 2.34. The predicted molar refractivity (Wildman–Crippen MR) is 51.4 cm³/mol. The summed E-state index contributed by atoms with van der Waals surface area (Å²) in [6, 6.07) is 5.73. The van der Waals surface area contributed by atoms with Gasteiger partial charge >= 0.3 is 0 Å². The second-order valence-electron chi connectivity index (χ2n) is 1.60. The van der Waals surface area contributed by atoms with E-state index in [0.717, 1.165) is 8.47 Å². The highest BCUT2D eigenvalue weighted by molar-refractivity contribution is 14.1. The Balaban J connectivity index is 3.17. The normalized spacial score (nSPS) is 9.67. The lowest BCUT2D eigenvalue weighted by atomic mass is 10.4. The van der Waals surface area contributed by atoms with Gasteiger partial charge in [-0.25, -0.2) is 0 Å². The highest BCUT2D eigenvalue weighted by Crippen LogP contribution is 2.21. The van der Waals surface area contributed by atoms with Crippen LogP contribution in [0.2, 0.25) is 5.02 Å². The van der Waals surface area contributed by atoms with Gasteiger partial charge in [-0.1, -0.05) is 11.6 Å². The quantitative estimate of drug-likeness (QED) is 0.543. The summed E-state index contributed by atoms with van der Waals surface area (Å²) in [5.41, 5.74) is 0. The molecule has 0 heterocycles. The van der Waals surface area contributed by atoms with Crippen molar-refractivity contribution in [2.45, 2.75) is 4.90 Å². The molecule has 0 saturated carbocycles. The van der Waals surface area contributed by atoms with Crippen molar-refractivity contribution in [3.63, 3.8) is 0 Å².